The van der Waals surface area contributed by atoms with Gasteiger partial charge < -0.3 is 4.90 Å². The molecular weight excluding hydrogens is 408 g/mol. The van der Waals surface area contributed by atoms with Crippen molar-refractivity contribution in [1.29, 1.82) is 0 Å². The maximum atomic E-state index is 12.9. The second-order valence-corrected chi connectivity index (χ2v) is 10.6. The SMILES string of the molecule is CS(=O)(=O)N1CCC(Cc2ccc(C(=O)N3CC=C(c4ccccc4)CC3)cc2)CC1. The van der Waals surface area contributed by atoms with Gasteiger partial charge in [-0.05, 0) is 60.4 Å². The molecule has 1 amide bonds. The predicted octanol–water partition coefficient (Wildman–Crippen LogP) is 3.83. The Labute approximate surface area is 185 Å². The molecule has 0 saturated carbocycles. The first-order chi connectivity index (χ1) is 14.9. The Kier molecular flexibility index (Phi) is 6.58. The van der Waals surface area contributed by atoms with Gasteiger partial charge in [-0.1, -0.05) is 48.5 Å². The van der Waals surface area contributed by atoms with Crippen molar-refractivity contribution in [2.24, 2.45) is 5.92 Å². The summed E-state index contributed by atoms with van der Waals surface area (Å²) in [7, 11) is -3.08. The molecule has 2 aromatic rings. The minimum absolute atomic E-state index is 0.0800. The number of hydrogen-bond acceptors (Lipinski definition) is 3. The molecule has 5 nitrogen and oxygen atoms in total. The Morgan fingerprint density at radius 2 is 1.65 bits per heavy atom. The van der Waals surface area contributed by atoms with Gasteiger partial charge >= 0.3 is 0 Å². The van der Waals surface area contributed by atoms with Crippen LogP contribution in [0.3, 0.4) is 0 Å². The van der Waals surface area contributed by atoms with Crippen LogP contribution in [0.15, 0.2) is 60.7 Å². The van der Waals surface area contributed by atoms with Crippen molar-refractivity contribution in [3.8, 4) is 0 Å². The van der Waals surface area contributed by atoms with Crippen LogP contribution in [-0.4, -0.2) is 56.0 Å². The second-order valence-electron chi connectivity index (χ2n) is 8.60. The molecule has 6 heteroatoms. The van der Waals surface area contributed by atoms with Gasteiger partial charge in [0.25, 0.3) is 5.91 Å². The molecule has 0 spiro atoms. The Morgan fingerprint density at radius 3 is 2.23 bits per heavy atom. The summed E-state index contributed by atoms with van der Waals surface area (Å²) in [6.07, 6.45) is 7.02. The van der Waals surface area contributed by atoms with Gasteiger partial charge in [-0.2, -0.15) is 0 Å². The van der Waals surface area contributed by atoms with Crippen LogP contribution in [0.4, 0.5) is 0 Å². The first kappa shape index (κ1) is 21.8. The Morgan fingerprint density at radius 1 is 0.968 bits per heavy atom. The molecule has 0 unspecified atom stereocenters. The van der Waals surface area contributed by atoms with Gasteiger partial charge in [0, 0.05) is 31.7 Å². The van der Waals surface area contributed by atoms with Crippen LogP contribution >= 0.6 is 0 Å². The van der Waals surface area contributed by atoms with Crippen molar-refractivity contribution in [3.63, 3.8) is 0 Å². The van der Waals surface area contributed by atoms with Crippen molar-refractivity contribution in [1.82, 2.24) is 9.21 Å². The zero-order valence-electron chi connectivity index (χ0n) is 18.0. The lowest BCUT2D eigenvalue weighted by Crippen LogP contribution is -2.38. The molecule has 1 fully saturated rings. The van der Waals surface area contributed by atoms with E-state index in [0.29, 0.717) is 25.6 Å². The van der Waals surface area contributed by atoms with Crippen molar-refractivity contribution in [2.45, 2.75) is 25.7 Å². The standard InChI is InChI=1S/C25H30N2O3S/c1-31(29,30)27-17-11-21(12-18-27)19-20-7-9-24(10-8-20)25(28)26-15-13-23(14-16-26)22-5-3-2-4-6-22/h2-10,13,21H,11-12,14-19H2,1H3. The van der Waals surface area contributed by atoms with E-state index < -0.39 is 10.0 Å². The van der Waals surface area contributed by atoms with Crippen molar-refractivity contribution < 1.29 is 13.2 Å². The quantitative estimate of drug-likeness (QED) is 0.713. The third-order valence-electron chi connectivity index (χ3n) is 6.41. The van der Waals surface area contributed by atoms with Crippen LogP contribution in [-0.2, 0) is 16.4 Å². The highest BCUT2D eigenvalue weighted by atomic mass is 32.2. The molecule has 4 rings (SSSR count). The maximum absolute atomic E-state index is 12.9. The lowest BCUT2D eigenvalue weighted by Gasteiger charge is -2.30. The Bertz CT molecular complexity index is 1040. The summed E-state index contributed by atoms with van der Waals surface area (Å²) >= 11 is 0. The molecule has 1 saturated heterocycles. The molecule has 0 N–H and O–H groups in total. The van der Waals surface area contributed by atoms with E-state index in [1.165, 1.54) is 23.0 Å². The van der Waals surface area contributed by atoms with Crippen LogP contribution in [0.5, 0.6) is 0 Å². The summed E-state index contributed by atoms with van der Waals surface area (Å²) in [5.74, 6) is 0.569. The normalized spacial score (nSPS) is 18.6. The zero-order valence-corrected chi connectivity index (χ0v) is 18.9. The van der Waals surface area contributed by atoms with E-state index in [4.69, 9.17) is 0 Å². The van der Waals surface area contributed by atoms with Gasteiger partial charge in [-0.15, -0.1) is 0 Å². The highest BCUT2D eigenvalue weighted by Crippen LogP contribution is 2.25. The maximum Gasteiger partial charge on any atom is 0.254 e. The van der Waals surface area contributed by atoms with Crippen LogP contribution in [0.2, 0.25) is 0 Å². The summed E-state index contributed by atoms with van der Waals surface area (Å²) in [4.78, 5) is 14.8. The van der Waals surface area contributed by atoms with Gasteiger partial charge in [0.05, 0.1) is 6.26 Å². The monoisotopic (exact) mass is 438 g/mol. The van der Waals surface area contributed by atoms with Crippen LogP contribution in [0.1, 0.15) is 40.7 Å². The van der Waals surface area contributed by atoms with Crippen LogP contribution in [0.25, 0.3) is 5.57 Å². The second kappa shape index (κ2) is 9.37. The average molecular weight is 439 g/mol. The third-order valence-corrected chi connectivity index (χ3v) is 7.71. The molecule has 2 heterocycles. The number of amides is 1. The van der Waals surface area contributed by atoms with E-state index in [9.17, 15) is 13.2 Å². The number of benzene rings is 2. The molecule has 0 bridgehead atoms. The first-order valence-electron chi connectivity index (χ1n) is 11.0. The molecule has 0 radical (unpaired) electrons. The molecule has 164 valence electrons. The number of hydrogen-bond donors (Lipinski definition) is 0. The highest BCUT2D eigenvalue weighted by molar-refractivity contribution is 7.88. The van der Waals surface area contributed by atoms with Crippen molar-refractivity contribution >= 4 is 21.5 Å². The molecule has 0 aromatic heterocycles. The van der Waals surface area contributed by atoms with Gasteiger partial charge in [0.1, 0.15) is 0 Å². The fourth-order valence-corrected chi connectivity index (χ4v) is 5.39. The topological polar surface area (TPSA) is 57.7 Å². The van der Waals surface area contributed by atoms with Gasteiger partial charge in [0.2, 0.25) is 10.0 Å². The smallest absolute Gasteiger partial charge is 0.254 e. The van der Waals surface area contributed by atoms with E-state index in [1.54, 1.807) is 4.31 Å². The lowest BCUT2D eigenvalue weighted by molar-refractivity contribution is 0.0773. The number of carbonyl (C=O) groups is 1. The number of nitrogens with zero attached hydrogens (tertiary/aromatic N) is 2. The molecule has 0 aliphatic carbocycles. The van der Waals surface area contributed by atoms with Gasteiger partial charge in [0.15, 0.2) is 0 Å². The van der Waals surface area contributed by atoms with E-state index in [2.05, 4.69) is 18.2 Å². The molecule has 0 atom stereocenters. The van der Waals surface area contributed by atoms with Crippen molar-refractivity contribution in [3.05, 3.63) is 77.4 Å². The minimum atomic E-state index is -3.08. The number of carbonyl (C=O) groups excluding carboxylic acids is 1. The van der Waals surface area contributed by atoms with Gasteiger partial charge in [-0.3, -0.25) is 4.79 Å². The summed E-state index contributed by atoms with van der Waals surface area (Å²) < 4.78 is 24.9. The largest absolute Gasteiger partial charge is 0.335 e. The summed E-state index contributed by atoms with van der Waals surface area (Å²) in [6, 6.07) is 18.3. The van der Waals surface area contributed by atoms with Gasteiger partial charge in [-0.25, -0.2) is 12.7 Å². The summed E-state index contributed by atoms with van der Waals surface area (Å²) in [5.41, 5.74) is 4.48. The predicted molar refractivity (Wildman–Crippen MR) is 124 cm³/mol. The summed E-state index contributed by atoms with van der Waals surface area (Å²) in [6.45, 7) is 2.59. The molecule has 2 aromatic carbocycles. The minimum Gasteiger partial charge on any atom is -0.335 e. The fourth-order valence-electron chi connectivity index (χ4n) is 4.51. The first-order valence-corrected chi connectivity index (χ1v) is 12.8. The van der Waals surface area contributed by atoms with Crippen LogP contribution in [0, 0.1) is 5.92 Å². The third kappa shape index (κ3) is 5.43. The van der Waals surface area contributed by atoms with E-state index >= 15 is 0 Å². The fraction of sp³-hybridized carbons (Fsp3) is 0.400. The molecular formula is C25H30N2O3S. The number of piperidine rings is 1. The average Bonchev–Trinajstić information content (AvgIpc) is 2.80. The van der Waals surface area contributed by atoms with E-state index in [-0.39, 0.29) is 5.91 Å². The lowest BCUT2D eigenvalue weighted by atomic mass is 9.90. The zero-order chi connectivity index (χ0) is 21.8. The number of rotatable bonds is 5. The Balaban J connectivity index is 1.31. The highest BCUT2D eigenvalue weighted by Gasteiger charge is 2.25. The molecule has 2 aliphatic rings. The summed E-state index contributed by atoms with van der Waals surface area (Å²) in [5, 5.41) is 0. The van der Waals surface area contributed by atoms with Crippen LogP contribution < -0.4 is 0 Å². The molecule has 2 aliphatic heterocycles. The van der Waals surface area contributed by atoms with E-state index in [1.807, 2.05) is 47.4 Å². The van der Waals surface area contributed by atoms with Crippen molar-refractivity contribution in [2.75, 3.05) is 32.4 Å². The Hall–Kier alpha value is -2.44. The number of sulfonamides is 1. The van der Waals surface area contributed by atoms with E-state index in [0.717, 1.165) is 37.8 Å². The molecule has 31 heavy (non-hydrogen) atoms.